The number of oxime groups is 1. The largest absolute Gasteiger partial charge is 0.481 e. The molecule has 4 aliphatic rings. The maximum atomic E-state index is 9.85. The minimum atomic E-state index is -0.833. The van der Waals surface area contributed by atoms with Gasteiger partial charge in [0.25, 0.3) is 5.97 Å². The first kappa shape index (κ1) is 26.5. The molecule has 1 unspecified atom stereocenters. The monoisotopic (exact) mass is 461 g/mol. The lowest BCUT2D eigenvalue weighted by molar-refractivity contribution is -0.134. The van der Waals surface area contributed by atoms with Gasteiger partial charge in [-0.1, -0.05) is 59.0 Å². The quantitative estimate of drug-likeness (QED) is 0.321. The number of carbonyl (C=O) groups is 1. The molecule has 0 bridgehead atoms. The summed E-state index contributed by atoms with van der Waals surface area (Å²) in [6.07, 6.45) is 16.4. The van der Waals surface area contributed by atoms with E-state index in [1.807, 2.05) is 0 Å². The van der Waals surface area contributed by atoms with Gasteiger partial charge >= 0.3 is 0 Å². The van der Waals surface area contributed by atoms with Crippen molar-refractivity contribution in [3.05, 3.63) is 0 Å². The highest BCUT2D eigenvalue weighted by Crippen LogP contribution is 2.68. The maximum Gasteiger partial charge on any atom is 0.300 e. The first-order chi connectivity index (χ1) is 15.6. The highest BCUT2D eigenvalue weighted by Gasteiger charge is 2.61. The lowest BCUT2D eigenvalue weighted by Gasteiger charge is -2.60. The summed E-state index contributed by atoms with van der Waals surface area (Å²) in [5.41, 5.74) is 1.90. The highest BCUT2D eigenvalue weighted by molar-refractivity contribution is 5.91. The fourth-order valence-electron chi connectivity index (χ4n) is 9.29. The molecular formula is C29H51NO3. The second kappa shape index (κ2) is 10.7. The van der Waals surface area contributed by atoms with E-state index in [0.717, 1.165) is 60.5 Å². The molecule has 0 spiro atoms. The number of nitrogens with zero attached hydrogens (tertiary/aromatic N) is 1. The summed E-state index contributed by atoms with van der Waals surface area (Å²) in [5.74, 6) is 5.15. The Balaban J connectivity index is 0.000000709. The van der Waals surface area contributed by atoms with Crippen molar-refractivity contribution in [3.8, 4) is 0 Å². The molecule has 4 fully saturated rings. The summed E-state index contributed by atoms with van der Waals surface area (Å²) >= 11 is 0. The molecule has 4 rings (SSSR count). The van der Waals surface area contributed by atoms with Crippen LogP contribution in [-0.4, -0.2) is 22.0 Å². The molecule has 0 aromatic carbocycles. The molecule has 190 valence electrons. The number of carboxylic acids is 1. The normalized spacial score (nSPS) is 42.0. The van der Waals surface area contributed by atoms with Crippen molar-refractivity contribution in [2.75, 3.05) is 0 Å². The molecule has 2 N–H and O–H groups in total. The number of carboxylic acid groups (broad SMARTS) is 1. The number of fused-ring (bicyclic) bond motifs is 5. The molecule has 0 aliphatic heterocycles. The zero-order valence-corrected chi connectivity index (χ0v) is 22.3. The second-order valence-corrected chi connectivity index (χ2v) is 12.9. The minimum Gasteiger partial charge on any atom is -0.481 e. The molecular weight excluding hydrogens is 410 g/mol. The Labute approximate surface area is 203 Å². The van der Waals surface area contributed by atoms with Crippen LogP contribution in [0.15, 0.2) is 5.16 Å². The zero-order valence-electron chi connectivity index (χ0n) is 22.3. The van der Waals surface area contributed by atoms with Crippen LogP contribution in [0.5, 0.6) is 0 Å². The lowest BCUT2D eigenvalue weighted by Crippen LogP contribution is -2.56. The maximum absolute atomic E-state index is 9.85. The summed E-state index contributed by atoms with van der Waals surface area (Å²) in [7, 11) is 0. The van der Waals surface area contributed by atoms with Crippen molar-refractivity contribution in [2.45, 2.75) is 119 Å². The molecule has 0 aromatic rings. The first-order valence-corrected chi connectivity index (χ1v) is 14.0. The standard InChI is InChI=1S/C27H47NO.C2H4O2/c1-18(2)8-6-9-19(3)22-14-15-23-21-13-12-20-10-7-11-25(28-29)27(20,5)24(21)16-17-26(22,23)4;1-2(3)4/h18-24,29H,6-17H2,1-5H3;1H3,(H,3,4)/b28-25+;/t19-,20?,21+,22-,23+,24+,26-,27+;/m1./s1. The van der Waals surface area contributed by atoms with E-state index in [-0.39, 0.29) is 5.41 Å². The van der Waals surface area contributed by atoms with E-state index in [1.54, 1.807) is 0 Å². The van der Waals surface area contributed by atoms with Crippen LogP contribution in [0.1, 0.15) is 119 Å². The smallest absolute Gasteiger partial charge is 0.300 e. The van der Waals surface area contributed by atoms with Gasteiger partial charge in [-0.3, -0.25) is 4.79 Å². The van der Waals surface area contributed by atoms with E-state index in [2.05, 4.69) is 39.8 Å². The molecule has 4 nitrogen and oxygen atoms in total. The Hall–Kier alpha value is -1.06. The van der Waals surface area contributed by atoms with Gasteiger partial charge in [0.2, 0.25) is 0 Å². The van der Waals surface area contributed by atoms with E-state index in [0.29, 0.717) is 5.41 Å². The van der Waals surface area contributed by atoms with Crippen molar-refractivity contribution in [2.24, 2.45) is 57.4 Å². The SMILES string of the molecule is CC(=O)O.CC(C)CCC[C@@H](C)[C@H]1CC[C@H]2[C@@H]3CCC4CCC/C(=N\O)[C@]4(C)[C@H]3CC[C@]12C. The molecule has 33 heavy (non-hydrogen) atoms. The van der Waals surface area contributed by atoms with Crippen LogP contribution in [0.2, 0.25) is 0 Å². The average Bonchev–Trinajstić information content (AvgIpc) is 3.09. The summed E-state index contributed by atoms with van der Waals surface area (Å²) in [6.45, 7) is 13.6. The van der Waals surface area contributed by atoms with Gasteiger partial charge in [0.15, 0.2) is 0 Å². The van der Waals surface area contributed by atoms with Crippen LogP contribution in [0.4, 0.5) is 0 Å². The molecule has 0 amide bonds. The molecule has 4 heteroatoms. The van der Waals surface area contributed by atoms with Crippen LogP contribution in [0.25, 0.3) is 0 Å². The predicted molar refractivity (Wildman–Crippen MR) is 136 cm³/mol. The van der Waals surface area contributed by atoms with Gasteiger partial charge in [-0.25, -0.2) is 0 Å². The number of hydrogen-bond acceptors (Lipinski definition) is 3. The number of aliphatic carboxylic acids is 1. The zero-order chi connectivity index (χ0) is 24.4. The van der Waals surface area contributed by atoms with Crippen molar-refractivity contribution < 1.29 is 15.1 Å². The van der Waals surface area contributed by atoms with Crippen molar-refractivity contribution in [1.29, 1.82) is 0 Å². The first-order valence-electron chi connectivity index (χ1n) is 14.0. The van der Waals surface area contributed by atoms with Crippen LogP contribution in [0, 0.1) is 52.3 Å². The Morgan fingerprint density at radius 3 is 2.36 bits per heavy atom. The van der Waals surface area contributed by atoms with Crippen LogP contribution >= 0.6 is 0 Å². The topological polar surface area (TPSA) is 69.9 Å². The van der Waals surface area contributed by atoms with Crippen LogP contribution in [-0.2, 0) is 4.79 Å². The van der Waals surface area contributed by atoms with Crippen molar-refractivity contribution in [1.82, 2.24) is 0 Å². The van der Waals surface area contributed by atoms with E-state index < -0.39 is 5.97 Å². The molecule has 0 aromatic heterocycles. The minimum absolute atomic E-state index is 0.179. The Morgan fingerprint density at radius 2 is 1.73 bits per heavy atom. The number of rotatable bonds is 5. The van der Waals surface area contributed by atoms with Crippen LogP contribution < -0.4 is 0 Å². The summed E-state index contributed by atoms with van der Waals surface area (Å²) in [5, 5.41) is 21.2. The van der Waals surface area contributed by atoms with E-state index >= 15 is 0 Å². The van der Waals surface area contributed by atoms with E-state index in [1.165, 1.54) is 70.6 Å². The molecule has 8 atom stereocenters. The van der Waals surface area contributed by atoms with Crippen LogP contribution in [0.3, 0.4) is 0 Å². The Kier molecular flexibility index (Phi) is 8.60. The second-order valence-electron chi connectivity index (χ2n) is 12.9. The molecule has 0 saturated heterocycles. The Bertz CT molecular complexity index is 699. The molecule has 0 radical (unpaired) electrons. The van der Waals surface area contributed by atoms with Gasteiger partial charge in [0.05, 0.1) is 5.71 Å². The van der Waals surface area contributed by atoms with Gasteiger partial charge in [-0.15, -0.1) is 0 Å². The highest BCUT2D eigenvalue weighted by atomic mass is 16.4. The van der Waals surface area contributed by atoms with E-state index in [4.69, 9.17) is 9.90 Å². The van der Waals surface area contributed by atoms with Gasteiger partial charge in [0, 0.05) is 12.3 Å². The van der Waals surface area contributed by atoms with E-state index in [9.17, 15) is 5.21 Å². The van der Waals surface area contributed by atoms with Gasteiger partial charge < -0.3 is 10.3 Å². The summed E-state index contributed by atoms with van der Waals surface area (Å²) in [6, 6.07) is 0. The fraction of sp³-hybridized carbons (Fsp3) is 0.931. The predicted octanol–water partition coefficient (Wildman–Crippen LogP) is 8.03. The third-order valence-electron chi connectivity index (χ3n) is 10.8. The molecule has 0 heterocycles. The summed E-state index contributed by atoms with van der Waals surface area (Å²) < 4.78 is 0. The third-order valence-corrected chi connectivity index (χ3v) is 10.8. The van der Waals surface area contributed by atoms with Gasteiger partial charge in [0.1, 0.15) is 0 Å². The summed E-state index contributed by atoms with van der Waals surface area (Å²) in [4.78, 5) is 9.00. The average molecular weight is 462 g/mol. The lowest BCUT2D eigenvalue weighted by atomic mass is 9.44. The molecule has 4 aliphatic carbocycles. The van der Waals surface area contributed by atoms with Gasteiger partial charge in [-0.2, -0.15) is 0 Å². The molecule has 4 saturated carbocycles. The van der Waals surface area contributed by atoms with Crippen molar-refractivity contribution in [3.63, 3.8) is 0 Å². The third kappa shape index (κ3) is 5.15. The Morgan fingerprint density at radius 1 is 1.03 bits per heavy atom. The van der Waals surface area contributed by atoms with Crippen molar-refractivity contribution >= 4 is 11.7 Å². The fourth-order valence-corrected chi connectivity index (χ4v) is 9.29. The number of hydrogen-bond donors (Lipinski definition) is 2. The van der Waals surface area contributed by atoms with Gasteiger partial charge in [-0.05, 0) is 105 Å².